The molecule has 0 bridgehead atoms. The maximum absolute atomic E-state index is 5.80. The first-order valence-electron chi connectivity index (χ1n) is 7.69. The van der Waals surface area contributed by atoms with Crippen LogP contribution in [0.4, 0.5) is 0 Å². The van der Waals surface area contributed by atoms with Crippen LogP contribution in [0.15, 0.2) is 48.8 Å². The first kappa shape index (κ1) is 15.3. The second-order valence-corrected chi connectivity index (χ2v) is 5.10. The minimum atomic E-state index is 0.803. The van der Waals surface area contributed by atoms with Gasteiger partial charge in [-0.1, -0.05) is 50.5 Å². The number of hydrogen-bond donors (Lipinski definition) is 0. The molecule has 1 aromatic heterocycles. The van der Waals surface area contributed by atoms with Gasteiger partial charge in [0.05, 0.1) is 6.61 Å². The van der Waals surface area contributed by atoms with Gasteiger partial charge in [-0.25, -0.2) is 0 Å². The van der Waals surface area contributed by atoms with E-state index in [0.29, 0.717) is 0 Å². The minimum absolute atomic E-state index is 0.803. The van der Waals surface area contributed by atoms with Gasteiger partial charge in [0.1, 0.15) is 5.75 Å². The van der Waals surface area contributed by atoms with Gasteiger partial charge < -0.3 is 4.74 Å². The number of nitrogens with zero attached hydrogens (tertiary/aromatic N) is 1. The van der Waals surface area contributed by atoms with E-state index in [4.69, 9.17) is 4.74 Å². The molecule has 0 saturated carbocycles. The molecule has 0 aliphatic rings. The molecule has 0 fully saturated rings. The fourth-order valence-corrected chi connectivity index (χ4v) is 2.09. The number of unbranched alkanes of at least 4 members (excludes halogenated alkanes) is 3. The highest BCUT2D eigenvalue weighted by molar-refractivity contribution is 5.69. The lowest BCUT2D eigenvalue weighted by molar-refractivity contribution is 0.305. The summed E-state index contributed by atoms with van der Waals surface area (Å²) in [5, 5.41) is 0. The first-order chi connectivity index (χ1) is 10.4. The second kappa shape index (κ2) is 8.96. The predicted octanol–water partition coefficient (Wildman–Crippen LogP) is 5.21. The monoisotopic (exact) mass is 281 g/mol. The molecule has 0 aliphatic carbocycles. The van der Waals surface area contributed by atoms with E-state index >= 15 is 0 Å². The third-order valence-corrected chi connectivity index (χ3v) is 3.30. The standard InChI is InChI=1S/C19H23NO/c1-2-3-4-5-15-21-19-8-6-7-18(16-19)10-9-17-11-13-20-14-12-17/h6-14,16H,2-5,15H2,1H3/b10-9+. The molecule has 0 amide bonds. The number of rotatable bonds is 8. The molecule has 21 heavy (non-hydrogen) atoms. The Hall–Kier alpha value is -2.09. The second-order valence-electron chi connectivity index (χ2n) is 5.10. The summed E-state index contributed by atoms with van der Waals surface area (Å²) in [7, 11) is 0. The molecular weight excluding hydrogens is 258 g/mol. The summed E-state index contributed by atoms with van der Waals surface area (Å²) in [5.74, 6) is 0.948. The molecule has 110 valence electrons. The Morgan fingerprint density at radius 3 is 2.57 bits per heavy atom. The van der Waals surface area contributed by atoms with Crippen molar-refractivity contribution < 1.29 is 4.74 Å². The van der Waals surface area contributed by atoms with Crippen molar-refractivity contribution in [2.24, 2.45) is 0 Å². The van der Waals surface area contributed by atoms with Gasteiger partial charge in [-0.15, -0.1) is 0 Å². The van der Waals surface area contributed by atoms with E-state index in [0.717, 1.165) is 29.9 Å². The molecule has 0 spiro atoms. The zero-order chi connectivity index (χ0) is 14.8. The van der Waals surface area contributed by atoms with Gasteiger partial charge in [-0.05, 0) is 41.8 Å². The maximum Gasteiger partial charge on any atom is 0.119 e. The van der Waals surface area contributed by atoms with Gasteiger partial charge in [-0.2, -0.15) is 0 Å². The van der Waals surface area contributed by atoms with Crippen LogP contribution in [0.25, 0.3) is 12.2 Å². The van der Waals surface area contributed by atoms with E-state index in [2.05, 4.69) is 36.2 Å². The lowest BCUT2D eigenvalue weighted by Gasteiger charge is -2.06. The Balaban J connectivity index is 1.87. The van der Waals surface area contributed by atoms with Crippen LogP contribution < -0.4 is 4.74 Å². The highest BCUT2D eigenvalue weighted by atomic mass is 16.5. The van der Waals surface area contributed by atoms with Crippen LogP contribution in [0.3, 0.4) is 0 Å². The topological polar surface area (TPSA) is 22.1 Å². The zero-order valence-corrected chi connectivity index (χ0v) is 12.7. The van der Waals surface area contributed by atoms with Crippen molar-refractivity contribution in [3.63, 3.8) is 0 Å². The Kier molecular flexibility index (Phi) is 6.53. The number of ether oxygens (including phenoxy) is 1. The lowest BCUT2D eigenvalue weighted by atomic mass is 10.1. The molecule has 0 aliphatic heterocycles. The van der Waals surface area contributed by atoms with Crippen LogP contribution in [0, 0.1) is 0 Å². The largest absolute Gasteiger partial charge is 0.494 e. The summed E-state index contributed by atoms with van der Waals surface area (Å²) >= 11 is 0. The number of pyridine rings is 1. The van der Waals surface area contributed by atoms with Gasteiger partial charge in [0.2, 0.25) is 0 Å². The quantitative estimate of drug-likeness (QED) is 0.619. The van der Waals surface area contributed by atoms with Crippen molar-refractivity contribution in [3.8, 4) is 5.75 Å². The summed E-state index contributed by atoms with van der Waals surface area (Å²) in [4.78, 5) is 4.02. The lowest BCUT2D eigenvalue weighted by Crippen LogP contribution is -1.97. The van der Waals surface area contributed by atoms with E-state index in [1.54, 1.807) is 12.4 Å². The smallest absolute Gasteiger partial charge is 0.119 e. The van der Waals surface area contributed by atoms with Crippen LogP contribution in [0.1, 0.15) is 43.7 Å². The highest BCUT2D eigenvalue weighted by Crippen LogP contribution is 2.16. The summed E-state index contributed by atoms with van der Waals surface area (Å²) < 4.78 is 5.80. The molecule has 0 unspecified atom stereocenters. The molecule has 2 aromatic rings. The van der Waals surface area contributed by atoms with Gasteiger partial charge in [-0.3, -0.25) is 4.98 Å². The van der Waals surface area contributed by atoms with Crippen molar-refractivity contribution >= 4 is 12.2 Å². The van der Waals surface area contributed by atoms with Crippen molar-refractivity contribution in [1.29, 1.82) is 0 Å². The van der Waals surface area contributed by atoms with Crippen LogP contribution in [0.5, 0.6) is 5.75 Å². The number of aromatic nitrogens is 1. The molecule has 0 N–H and O–H groups in total. The fraction of sp³-hybridized carbons (Fsp3) is 0.316. The average Bonchev–Trinajstić information content (AvgIpc) is 2.54. The van der Waals surface area contributed by atoms with Crippen molar-refractivity contribution in [3.05, 3.63) is 59.9 Å². The number of benzene rings is 1. The third kappa shape index (κ3) is 5.82. The van der Waals surface area contributed by atoms with Crippen molar-refractivity contribution in [2.45, 2.75) is 32.6 Å². The SMILES string of the molecule is CCCCCCOc1cccc(/C=C/c2ccncc2)c1. The minimum Gasteiger partial charge on any atom is -0.494 e. The maximum atomic E-state index is 5.80. The van der Waals surface area contributed by atoms with Crippen molar-refractivity contribution in [1.82, 2.24) is 4.98 Å². The van der Waals surface area contributed by atoms with E-state index in [1.165, 1.54) is 19.3 Å². The summed E-state index contributed by atoms with van der Waals surface area (Å²) in [5.41, 5.74) is 2.30. The summed E-state index contributed by atoms with van der Waals surface area (Å²) in [6.45, 7) is 3.02. The molecule has 0 atom stereocenters. The van der Waals surface area contributed by atoms with E-state index in [9.17, 15) is 0 Å². The van der Waals surface area contributed by atoms with Crippen LogP contribution in [-0.4, -0.2) is 11.6 Å². The number of hydrogen-bond acceptors (Lipinski definition) is 2. The highest BCUT2D eigenvalue weighted by Gasteiger charge is 1.95. The van der Waals surface area contributed by atoms with Gasteiger partial charge in [0.25, 0.3) is 0 Å². The van der Waals surface area contributed by atoms with Crippen LogP contribution in [0.2, 0.25) is 0 Å². The Morgan fingerprint density at radius 1 is 0.952 bits per heavy atom. The Morgan fingerprint density at radius 2 is 1.76 bits per heavy atom. The predicted molar refractivity (Wildman–Crippen MR) is 89.2 cm³/mol. The first-order valence-corrected chi connectivity index (χ1v) is 7.69. The Bertz CT molecular complexity index is 549. The van der Waals surface area contributed by atoms with E-state index in [1.807, 2.05) is 24.3 Å². The molecule has 1 aromatic carbocycles. The molecule has 0 saturated heterocycles. The molecule has 2 heteroatoms. The van der Waals surface area contributed by atoms with Crippen LogP contribution in [-0.2, 0) is 0 Å². The molecule has 2 nitrogen and oxygen atoms in total. The summed E-state index contributed by atoms with van der Waals surface area (Å²) in [6, 6.07) is 12.2. The van der Waals surface area contributed by atoms with E-state index < -0.39 is 0 Å². The molecule has 2 rings (SSSR count). The normalized spacial score (nSPS) is 10.9. The van der Waals surface area contributed by atoms with Crippen LogP contribution >= 0.6 is 0 Å². The molecular formula is C19H23NO. The Labute approximate surface area is 127 Å². The average molecular weight is 281 g/mol. The van der Waals surface area contributed by atoms with Gasteiger partial charge in [0.15, 0.2) is 0 Å². The van der Waals surface area contributed by atoms with Gasteiger partial charge in [0, 0.05) is 12.4 Å². The fourth-order valence-electron chi connectivity index (χ4n) is 2.09. The summed E-state index contributed by atoms with van der Waals surface area (Å²) in [6.07, 6.45) is 12.7. The zero-order valence-electron chi connectivity index (χ0n) is 12.7. The van der Waals surface area contributed by atoms with Gasteiger partial charge >= 0.3 is 0 Å². The third-order valence-electron chi connectivity index (χ3n) is 3.30. The molecule has 0 radical (unpaired) electrons. The van der Waals surface area contributed by atoms with E-state index in [-0.39, 0.29) is 0 Å². The van der Waals surface area contributed by atoms with Crippen molar-refractivity contribution in [2.75, 3.05) is 6.61 Å². The molecule has 1 heterocycles.